The third-order valence-electron chi connectivity index (χ3n) is 4.37. The van der Waals surface area contributed by atoms with E-state index in [1.165, 1.54) is 6.20 Å². The molecule has 0 aliphatic carbocycles. The number of nitrogens with one attached hydrogen (secondary N) is 1. The fourth-order valence-corrected chi connectivity index (χ4v) is 3.15. The van der Waals surface area contributed by atoms with Crippen LogP contribution < -0.4 is 5.32 Å². The number of halogens is 1. The quantitative estimate of drug-likeness (QED) is 0.895. The molecule has 2 unspecified atom stereocenters. The van der Waals surface area contributed by atoms with Crippen molar-refractivity contribution in [3.05, 3.63) is 36.0 Å². The molecule has 1 aliphatic heterocycles. The molecule has 2 aromatic rings. The van der Waals surface area contributed by atoms with Crippen molar-refractivity contribution in [2.75, 3.05) is 18.4 Å². The van der Waals surface area contributed by atoms with Crippen molar-refractivity contribution in [3.63, 3.8) is 0 Å². The van der Waals surface area contributed by atoms with Crippen molar-refractivity contribution in [2.24, 2.45) is 5.92 Å². The average molecular weight is 349 g/mol. The van der Waals surface area contributed by atoms with E-state index in [0.29, 0.717) is 16.8 Å². The Morgan fingerprint density at radius 3 is 3.08 bits per heavy atom. The monoisotopic (exact) mass is 348 g/mol. The number of amides is 1. The first-order valence-electron chi connectivity index (χ1n) is 8.10. The SMILES string of the molecule is CC(C(=O)Nc1ccc(Cl)cn1)N1CCCC(Cn2cncn2)C1. The van der Waals surface area contributed by atoms with Gasteiger partial charge in [-0.1, -0.05) is 11.6 Å². The van der Waals surface area contributed by atoms with Crippen molar-refractivity contribution in [1.29, 1.82) is 0 Å². The number of aromatic nitrogens is 4. The molecular weight excluding hydrogens is 328 g/mol. The molecule has 7 nitrogen and oxygen atoms in total. The van der Waals surface area contributed by atoms with E-state index >= 15 is 0 Å². The third-order valence-corrected chi connectivity index (χ3v) is 4.59. The molecule has 0 saturated carbocycles. The Labute approximate surface area is 146 Å². The standard InChI is InChI=1S/C16H21ClN6O/c1-12(16(24)21-15-5-4-14(17)7-19-15)22-6-2-3-13(8-22)9-23-11-18-10-20-23/h4-5,7,10-13H,2-3,6,8-9H2,1H3,(H,19,21,24). The molecule has 2 aromatic heterocycles. The lowest BCUT2D eigenvalue weighted by Gasteiger charge is -2.35. The Kier molecular flexibility index (Phi) is 5.42. The number of piperidine rings is 1. The third kappa shape index (κ3) is 4.30. The number of hydrogen-bond acceptors (Lipinski definition) is 5. The summed E-state index contributed by atoms with van der Waals surface area (Å²) in [5, 5.41) is 7.56. The van der Waals surface area contributed by atoms with Crippen LogP contribution in [0.1, 0.15) is 19.8 Å². The number of likely N-dealkylation sites (tertiary alicyclic amines) is 1. The van der Waals surface area contributed by atoms with Crippen molar-refractivity contribution >= 4 is 23.3 Å². The van der Waals surface area contributed by atoms with Crippen molar-refractivity contribution < 1.29 is 4.79 Å². The first-order valence-corrected chi connectivity index (χ1v) is 8.48. The predicted molar refractivity (Wildman–Crippen MR) is 91.7 cm³/mol. The minimum atomic E-state index is -0.207. The van der Waals surface area contributed by atoms with E-state index in [4.69, 9.17) is 11.6 Å². The van der Waals surface area contributed by atoms with Gasteiger partial charge in [-0.25, -0.2) is 9.97 Å². The van der Waals surface area contributed by atoms with Gasteiger partial charge in [0.1, 0.15) is 18.5 Å². The van der Waals surface area contributed by atoms with Crippen LogP contribution in [-0.2, 0) is 11.3 Å². The molecule has 1 N–H and O–H groups in total. The van der Waals surface area contributed by atoms with Crippen LogP contribution >= 0.6 is 11.6 Å². The van der Waals surface area contributed by atoms with E-state index in [1.807, 2.05) is 11.6 Å². The van der Waals surface area contributed by atoms with Crippen LogP contribution in [0.25, 0.3) is 0 Å². The summed E-state index contributed by atoms with van der Waals surface area (Å²) in [5.74, 6) is 0.947. The zero-order valence-corrected chi connectivity index (χ0v) is 14.4. The van der Waals surface area contributed by atoms with Crippen molar-refractivity contribution in [3.8, 4) is 0 Å². The maximum atomic E-state index is 12.5. The van der Waals surface area contributed by atoms with E-state index in [1.54, 1.807) is 24.8 Å². The maximum absolute atomic E-state index is 12.5. The minimum absolute atomic E-state index is 0.0498. The average Bonchev–Trinajstić information content (AvgIpc) is 3.09. The lowest BCUT2D eigenvalue weighted by atomic mass is 9.96. The number of pyridine rings is 1. The Morgan fingerprint density at radius 1 is 1.50 bits per heavy atom. The second-order valence-electron chi connectivity index (χ2n) is 6.15. The molecule has 8 heteroatoms. The molecule has 3 rings (SSSR count). The van der Waals surface area contributed by atoms with Crippen LogP contribution in [0.3, 0.4) is 0 Å². The minimum Gasteiger partial charge on any atom is -0.309 e. The molecule has 1 amide bonds. The van der Waals surface area contributed by atoms with Gasteiger partial charge in [-0.3, -0.25) is 14.4 Å². The second-order valence-corrected chi connectivity index (χ2v) is 6.58. The molecule has 3 heterocycles. The Morgan fingerprint density at radius 2 is 2.38 bits per heavy atom. The van der Waals surface area contributed by atoms with Gasteiger partial charge >= 0.3 is 0 Å². The Bertz CT molecular complexity index is 660. The molecular formula is C16H21ClN6O. The summed E-state index contributed by atoms with van der Waals surface area (Å²) in [4.78, 5) is 22.8. The second kappa shape index (κ2) is 7.72. The number of rotatable bonds is 5. The number of nitrogens with zero attached hydrogens (tertiary/aromatic N) is 5. The highest BCUT2D eigenvalue weighted by atomic mass is 35.5. The first-order chi connectivity index (χ1) is 11.6. The molecule has 0 bridgehead atoms. The number of anilines is 1. The highest BCUT2D eigenvalue weighted by Crippen LogP contribution is 2.20. The van der Waals surface area contributed by atoms with Gasteiger partial charge in [-0.05, 0) is 44.4 Å². The highest BCUT2D eigenvalue weighted by molar-refractivity contribution is 6.30. The molecule has 128 valence electrons. The number of carbonyl (C=O) groups excluding carboxylic acids is 1. The van der Waals surface area contributed by atoms with Gasteiger partial charge in [0, 0.05) is 19.3 Å². The fraction of sp³-hybridized carbons (Fsp3) is 0.500. The Balaban J connectivity index is 1.56. The summed E-state index contributed by atoms with van der Waals surface area (Å²) in [6, 6.07) is 3.21. The highest BCUT2D eigenvalue weighted by Gasteiger charge is 2.27. The summed E-state index contributed by atoms with van der Waals surface area (Å²) < 4.78 is 1.86. The molecule has 1 fully saturated rings. The van der Waals surface area contributed by atoms with Crippen LogP contribution in [0.5, 0.6) is 0 Å². The van der Waals surface area contributed by atoms with Gasteiger partial charge < -0.3 is 5.32 Å². The van der Waals surface area contributed by atoms with Gasteiger partial charge in [-0.15, -0.1) is 0 Å². The number of hydrogen-bond donors (Lipinski definition) is 1. The van der Waals surface area contributed by atoms with Crippen molar-refractivity contribution in [1.82, 2.24) is 24.6 Å². The van der Waals surface area contributed by atoms with Crippen LogP contribution in [0, 0.1) is 5.92 Å². The van der Waals surface area contributed by atoms with Crippen LogP contribution in [0.15, 0.2) is 31.0 Å². The van der Waals surface area contributed by atoms with Crippen molar-refractivity contribution in [2.45, 2.75) is 32.4 Å². The summed E-state index contributed by atoms with van der Waals surface area (Å²) >= 11 is 5.81. The summed E-state index contributed by atoms with van der Waals surface area (Å²) in [7, 11) is 0. The van der Waals surface area contributed by atoms with E-state index in [2.05, 4.69) is 25.3 Å². The van der Waals surface area contributed by atoms with E-state index in [0.717, 1.165) is 32.5 Å². The zero-order chi connectivity index (χ0) is 16.9. The normalized spacial score (nSPS) is 19.8. The fourth-order valence-electron chi connectivity index (χ4n) is 3.04. The van der Waals surface area contributed by atoms with E-state index < -0.39 is 0 Å². The molecule has 24 heavy (non-hydrogen) atoms. The molecule has 0 spiro atoms. The largest absolute Gasteiger partial charge is 0.309 e. The zero-order valence-electron chi connectivity index (χ0n) is 13.6. The van der Waals surface area contributed by atoms with Crippen LogP contribution in [0.2, 0.25) is 5.02 Å². The van der Waals surface area contributed by atoms with Gasteiger partial charge in [0.25, 0.3) is 0 Å². The predicted octanol–water partition coefficient (Wildman–Crippen LogP) is 2.07. The lowest BCUT2D eigenvalue weighted by molar-refractivity contribution is -0.121. The summed E-state index contributed by atoms with van der Waals surface area (Å²) in [6.45, 7) is 4.58. The smallest absolute Gasteiger partial charge is 0.242 e. The molecule has 1 aliphatic rings. The lowest BCUT2D eigenvalue weighted by Crippen LogP contribution is -2.47. The van der Waals surface area contributed by atoms with Gasteiger partial charge in [0.05, 0.1) is 11.1 Å². The number of carbonyl (C=O) groups is 1. The van der Waals surface area contributed by atoms with E-state index in [9.17, 15) is 4.79 Å². The maximum Gasteiger partial charge on any atom is 0.242 e. The van der Waals surface area contributed by atoms with E-state index in [-0.39, 0.29) is 11.9 Å². The Hall–Kier alpha value is -1.99. The van der Waals surface area contributed by atoms with Gasteiger partial charge in [-0.2, -0.15) is 5.10 Å². The van der Waals surface area contributed by atoms with Crippen LogP contribution in [-0.4, -0.2) is 49.7 Å². The summed E-state index contributed by atoms with van der Waals surface area (Å²) in [5.41, 5.74) is 0. The molecule has 2 atom stereocenters. The molecule has 1 saturated heterocycles. The van der Waals surface area contributed by atoms with Crippen LogP contribution in [0.4, 0.5) is 5.82 Å². The molecule has 0 radical (unpaired) electrons. The van der Waals surface area contributed by atoms with Gasteiger partial charge in [0.2, 0.25) is 5.91 Å². The van der Waals surface area contributed by atoms with Gasteiger partial charge in [0.15, 0.2) is 0 Å². The molecule has 0 aromatic carbocycles. The first kappa shape index (κ1) is 16.9. The summed E-state index contributed by atoms with van der Waals surface area (Å²) in [6.07, 6.45) is 7.04. The topological polar surface area (TPSA) is 75.9 Å².